The van der Waals surface area contributed by atoms with E-state index in [2.05, 4.69) is 46.7 Å². The van der Waals surface area contributed by atoms with E-state index in [9.17, 15) is 0 Å². The quantitative estimate of drug-likeness (QED) is 0.811. The zero-order valence-electron chi connectivity index (χ0n) is 11.1. The van der Waals surface area contributed by atoms with Gasteiger partial charge in [0.25, 0.3) is 0 Å². The average molecular weight is 368 g/mol. The van der Waals surface area contributed by atoms with Crippen molar-refractivity contribution in [2.75, 3.05) is 0 Å². The maximum atomic E-state index is 5.91. The number of nitrogens with zero attached hydrogens (tertiary/aromatic N) is 1. The van der Waals surface area contributed by atoms with Gasteiger partial charge in [-0.1, -0.05) is 32.0 Å². The first-order valence-electron chi connectivity index (χ1n) is 6.26. The van der Waals surface area contributed by atoms with Gasteiger partial charge in [-0.2, -0.15) is 0 Å². The van der Waals surface area contributed by atoms with Crippen LogP contribution < -0.4 is 10.1 Å². The second-order valence-corrected chi connectivity index (χ2v) is 5.70. The minimum Gasteiger partial charge on any atom is -0.438 e. The van der Waals surface area contributed by atoms with Crippen molar-refractivity contribution in [3.05, 3.63) is 51.7 Å². The lowest BCUT2D eigenvalue weighted by Gasteiger charge is -2.13. The largest absolute Gasteiger partial charge is 0.438 e. The molecule has 1 heterocycles. The molecule has 0 bridgehead atoms. The normalized spacial score (nSPS) is 10.7. The number of benzene rings is 1. The first-order chi connectivity index (χ1) is 9.16. The topological polar surface area (TPSA) is 34.2 Å². The van der Waals surface area contributed by atoms with E-state index in [1.807, 2.05) is 36.4 Å². The number of ether oxygens (including phenoxy) is 1. The van der Waals surface area contributed by atoms with Crippen molar-refractivity contribution in [3.63, 3.8) is 0 Å². The fourth-order valence-electron chi connectivity index (χ4n) is 1.60. The zero-order chi connectivity index (χ0) is 13.7. The minimum atomic E-state index is 0.435. The maximum absolute atomic E-state index is 5.91. The molecule has 100 valence electrons. The van der Waals surface area contributed by atoms with Gasteiger partial charge in [0.2, 0.25) is 5.88 Å². The predicted molar refractivity (Wildman–Crippen MR) is 85.4 cm³/mol. The fraction of sp³-hybridized carbons (Fsp3) is 0.267. The molecule has 4 heteroatoms. The van der Waals surface area contributed by atoms with Crippen molar-refractivity contribution in [2.24, 2.45) is 0 Å². The first kappa shape index (κ1) is 14.3. The van der Waals surface area contributed by atoms with Crippen LogP contribution in [0, 0.1) is 3.57 Å². The Morgan fingerprint density at radius 3 is 2.74 bits per heavy atom. The van der Waals surface area contributed by atoms with Crippen molar-refractivity contribution in [3.8, 4) is 11.6 Å². The summed E-state index contributed by atoms with van der Waals surface area (Å²) in [5.41, 5.74) is 1.07. The number of halogens is 1. The van der Waals surface area contributed by atoms with Crippen molar-refractivity contribution in [1.29, 1.82) is 0 Å². The van der Waals surface area contributed by atoms with Gasteiger partial charge >= 0.3 is 0 Å². The standard InChI is InChI=1S/C15H17IN2O/c1-11(2)18-10-12-6-5-9-17-15(12)19-14-8-4-3-7-13(14)16/h3-9,11,18H,10H2,1-2H3. The van der Waals surface area contributed by atoms with Gasteiger partial charge in [-0.3, -0.25) is 0 Å². The molecule has 19 heavy (non-hydrogen) atoms. The van der Waals surface area contributed by atoms with Crippen LogP contribution in [0.5, 0.6) is 11.6 Å². The summed E-state index contributed by atoms with van der Waals surface area (Å²) in [7, 11) is 0. The highest BCUT2D eigenvalue weighted by molar-refractivity contribution is 14.1. The SMILES string of the molecule is CC(C)NCc1cccnc1Oc1ccccc1I. The van der Waals surface area contributed by atoms with Crippen LogP contribution in [0.15, 0.2) is 42.6 Å². The van der Waals surface area contributed by atoms with Gasteiger partial charge in [-0.25, -0.2) is 4.98 Å². The Morgan fingerprint density at radius 2 is 2.00 bits per heavy atom. The molecule has 0 radical (unpaired) electrons. The summed E-state index contributed by atoms with van der Waals surface area (Å²) in [6.07, 6.45) is 1.75. The Balaban J connectivity index is 2.18. The van der Waals surface area contributed by atoms with Crippen molar-refractivity contribution >= 4 is 22.6 Å². The highest BCUT2D eigenvalue weighted by Crippen LogP contribution is 2.27. The Hall–Kier alpha value is -1.14. The molecule has 1 N–H and O–H groups in total. The average Bonchev–Trinajstić information content (AvgIpc) is 2.40. The maximum Gasteiger partial charge on any atom is 0.223 e. The summed E-state index contributed by atoms with van der Waals surface area (Å²) in [5, 5.41) is 3.38. The Bertz CT molecular complexity index is 543. The third kappa shape index (κ3) is 4.18. The van der Waals surface area contributed by atoms with E-state index < -0.39 is 0 Å². The molecule has 2 rings (SSSR count). The molecule has 0 aliphatic heterocycles. The molecule has 0 unspecified atom stereocenters. The number of hydrogen-bond acceptors (Lipinski definition) is 3. The first-order valence-corrected chi connectivity index (χ1v) is 7.34. The van der Waals surface area contributed by atoms with E-state index in [1.165, 1.54) is 0 Å². The highest BCUT2D eigenvalue weighted by Gasteiger charge is 2.08. The lowest BCUT2D eigenvalue weighted by atomic mass is 10.2. The molecule has 0 saturated carbocycles. The van der Waals surface area contributed by atoms with Gasteiger partial charge in [0, 0.05) is 24.3 Å². The summed E-state index contributed by atoms with van der Waals surface area (Å²) >= 11 is 2.26. The molecule has 1 aromatic carbocycles. The number of aromatic nitrogens is 1. The predicted octanol–water partition coefficient (Wildman–Crippen LogP) is 3.98. The van der Waals surface area contributed by atoms with Crippen molar-refractivity contribution in [2.45, 2.75) is 26.4 Å². The summed E-state index contributed by atoms with van der Waals surface area (Å²) in [5.74, 6) is 1.51. The van der Waals surface area contributed by atoms with Crippen molar-refractivity contribution in [1.82, 2.24) is 10.3 Å². The summed E-state index contributed by atoms with van der Waals surface area (Å²) in [6.45, 7) is 5.00. The molecule has 0 fully saturated rings. The zero-order valence-corrected chi connectivity index (χ0v) is 13.2. The van der Waals surface area contributed by atoms with Gasteiger partial charge in [-0.15, -0.1) is 0 Å². The monoisotopic (exact) mass is 368 g/mol. The molecule has 3 nitrogen and oxygen atoms in total. The van der Waals surface area contributed by atoms with Crippen LogP contribution >= 0.6 is 22.6 Å². The lowest BCUT2D eigenvalue weighted by Crippen LogP contribution is -2.22. The number of hydrogen-bond donors (Lipinski definition) is 1. The van der Waals surface area contributed by atoms with Gasteiger partial charge < -0.3 is 10.1 Å². The number of pyridine rings is 1. The van der Waals surface area contributed by atoms with Gasteiger partial charge in [0.05, 0.1) is 3.57 Å². The van der Waals surface area contributed by atoms with Gasteiger partial charge in [-0.05, 0) is 40.8 Å². The minimum absolute atomic E-state index is 0.435. The van der Waals surface area contributed by atoms with Crippen LogP contribution in [-0.4, -0.2) is 11.0 Å². The molecular formula is C15H17IN2O. The molecule has 1 aromatic heterocycles. The molecule has 0 aliphatic rings. The number of para-hydroxylation sites is 1. The molecule has 0 atom stereocenters. The molecule has 0 spiro atoms. The third-order valence-electron chi connectivity index (χ3n) is 2.59. The van der Waals surface area contributed by atoms with Gasteiger partial charge in [0.15, 0.2) is 0 Å². The van der Waals surface area contributed by atoms with E-state index in [0.29, 0.717) is 11.9 Å². The van der Waals surface area contributed by atoms with Crippen LogP contribution in [0.1, 0.15) is 19.4 Å². The molecule has 0 aliphatic carbocycles. The van der Waals surface area contributed by atoms with E-state index in [0.717, 1.165) is 21.4 Å². The van der Waals surface area contributed by atoms with Crippen LogP contribution in [0.4, 0.5) is 0 Å². The molecular weight excluding hydrogens is 351 g/mol. The second kappa shape index (κ2) is 6.86. The van der Waals surface area contributed by atoms with Crippen LogP contribution in [-0.2, 0) is 6.54 Å². The molecule has 2 aromatic rings. The van der Waals surface area contributed by atoms with E-state index >= 15 is 0 Å². The summed E-state index contributed by atoms with van der Waals surface area (Å²) in [4.78, 5) is 4.33. The van der Waals surface area contributed by atoms with E-state index in [-0.39, 0.29) is 0 Å². The third-order valence-corrected chi connectivity index (χ3v) is 3.49. The summed E-state index contributed by atoms with van der Waals surface area (Å²) < 4.78 is 6.99. The summed E-state index contributed by atoms with van der Waals surface area (Å²) in [6, 6.07) is 12.3. The van der Waals surface area contributed by atoms with Crippen molar-refractivity contribution < 1.29 is 4.74 Å². The number of nitrogens with one attached hydrogen (secondary N) is 1. The second-order valence-electron chi connectivity index (χ2n) is 4.54. The fourth-order valence-corrected chi connectivity index (χ4v) is 2.09. The van der Waals surface area contributed by atoms with Crippen LogP contribution in [0.25, 0.3) is 0 Å². The van der Waals surface area contributed by atoms with E-state index in [1.54, 1.807) is 6.20 Å². The van der Waals surface area contributed by atoms with Crippen LogP contribution in [0.3, 0.4) is 0 Å². The van der Waals surface area contributed by atoms with Crippen LogP contribution in [0.2, 0.25) is 0 Å². The Morgan fingerprint density at radius 1 is 1.21 bits per heavy atom. The lowest BCUT2D eigenvalue weighted by molar-refractivity contribution is 0.447. The van der Waals surface area contributed by atoms with Gasteiger partial charge in [0.1, 0.15) is 5.75 Å². The van der Waals surface area contributed by atoms with E-state index in [4.69, 9.17) is 4.74 Å². The molecule has 0 saturated heterocycles. The Labute approximate surface area is 127 Å². The smallest absolute Gasteiger partial charge is 0.223 e. The Kier molecular flexibility index (Phi) is 5.15. The molecule has 0 amide bonds. The number of rotatable bonds is 5. The highest BCUT2D eigenvalue weighted by atomic mass is 127.